The normalized spacial score (nSPS) is 10.4. The molecule has 0 radical (unpaired) electrons. The molecule has 0 spiro atoms. The van der Waals surface area contributed by atoms with Gasteiger partial charge in [-0.15, -0.1) is 0 Å². The van der Waals surface area contributed by atoms with Crippen LogP contribution >= 0.6 is 0 Å². The van der Waals surface area contributed by atoms with Crippen LogP contribution in [0, 0.1) is 31.3 Å². The highest BCUT2D eigenvalue weighted by Gasteiger charge is 2.16. The molecule has 0 unspecified atom stereocenters. The van der Waals surface area contributed by atoms with Gasteiger partial charge in [-0.25, -0.2) is 13.2 Å². The summed E-state index contributed by atoms with van der Waals surface area (Å²) in [7, 11) is 1.43. The molecular formula is C8H8BF3. The van der Waals surface area contributed by atoms with Crippen LogP contribution in [0.4, 0.5) is 13.2 Å². The summed E-state index contributed by atoms with van der Waals surface area (Å²) >= 11 is 0. The lowest BCUT2D eigenvalue weighted by atomic mass is 9.88. The summed E-state index contributed by atoms with van der Waals surface area (Å²) in [5.74, 6) is -2.70. The quantitative estimate of drug-likeness (QED) is 0.404. The first kappa shape index (κ1) is 9.17. The van der Waals surface area contributed by atoms with Crippen molar-refractivity contribution >= 4 is 13.3 Å². The van der Waals surface area contributed by atoms with E-state index in [0.717, 1.165) is 0 Å². The van der Waals surface area contributed by atoms with E-state index in [1.54, 1.807) is 0 Å². The van der Waals surface area contributed by atoms with Gasteiger partial charge >= 0.3 is 0 Å². The summed E-state index contributed by atoms with van der Waals surface area (Å²) in [5, 5.41) is 0. The van der Waals surface area contributed by atoms with Crippen LogP contribution in [-0.4, -0.2) is 7.85 Å². The maximum Gasteiger partial charge on any atom is 0.164 e. The lowest BCUT2D eigenvalue weighted by molar-refractivity contribution is 0.484. The molecule has 0 nitrogen and oxygen atoms in total. The molecule has 0 fully saturated rings. The van der Waals surface area contributed by atoms with Crippen LogP contribution in [0.25, 0.3) is 0 Å². The van der Waals surface area contributed by atoms with Gasteiger partial charge in [0.15, 0.2) is 11.6 Å². The third kappa shape index (κ3) is 1.11. The minimum absolute atomic E-state index is 0.0376. The van der Waals surface area contributed by atoms with Crippen molar-refractivity contribution in [2.45, 2.75) is 13.8 Å². The molecule has 0 atom stereocenters. The number of benzene rings is 1. The fraction of sp³-hybridized carbons (Fsp3) is 0.250. The fourth-order valence-corrected chi connectivity index (χ4v) is 1.04. The van der Waals surface area contributed by atoms with E-state index >= 15 is 0 Å². The molecule has 1 aromatic carbocycles. The molecule has 0 aliphatic heterocycles. The molecule has 0 aliphatic rings. The van der Waals surface area contributed by atoms with Crippen molar-refractivity contribution in [2.75, 3.05) is 0 Å². The monoisotopic (exact) mass is 172 g/mol. The first-order chi connectivity index (χ1) is 5.46. The molecule has 0 aliphatic carbocycles. The Hall–Kier alpha value is -0.925. The van der Waals surface area contributed by atoms with Crippen LogP contribution < -0.4 is 5.46 Å². The predicted octanol–water partition coefficient (Wildman–Crippen LogP) is 0.979. The van der Waals surface area contributed by atoms with Crippen LogP contribution in [0.15, 0.2) is 0 Å². The van der Waals surface area contributed by atoms with Gasteiger partial charge in [-0.05, 0) is 24.9 Å². The van der Waals surface area contributed by atoms with Crippen LogP contribution in [-0.2, 0) is 0 Å². The van der Waals surface area contributed by atoms with E-state index < -0.39 is 17.5 Å². The smallest absolute Gasteiger partial charge is 0.164 e. The van der Waals surface area contributed by atoms with Crippen molar-refractivity contribution in [3.63, 3.8) is 0 Å². The van der Waals surface area contributed by atoms with Crippen LogP contribution in [0.5, 0.6) is 0 Å². The van der Waals surface area contributed by atoms with Crippen LogP contribution in [0.2, 0.25) is 0 Å². The summed E-state index contributed by atoms with van der Waals surface area (Å²) in [4.78, 5) is 0. The molecule has 1 aromatic rings. The molecule has 1 rings (SSSR count). The highest BCUT2D eigenvalue weighted by Crippen LogP contribution is 2.15. The summed E-state index contributed by atoms with van der Waals surface area (Å²) in [6.07, 6.45) is 0. The topological polar surface area (TPSA) is 0 Å². The SMILES string of the molecule is Bc1c(C)c(F)c(F)c(C)c1F. The molecule has 0 saturated carbocycles. The van der Waals surface area contributed by atoms with Gasteiger partial charge in [0.2, 0.25) is 0 Å². The van der Waals surface area contributed by atoms with E-state index in [2.05, 4.69) is 0 Å². The van der Waals surface area contributed by atoms with E-state index in [1.165, 1.54) is 21.7 Å². The van der Waals surface area contributed by atoms with Gasteiger partial charge < -0.3 is 0 Å². The van der Waals surface area contributed by atoms with Gasteiger partial charge in [-0.1, -0.05) is 0 Å². The van der Waals surface area contributed by atoms with Crippen molar-refractivity contribution in [2.24, 2.45) is 0 Å². The van der Waals surface area contributed by atoms with Crippen LogP contribution in [0.1, 0.15) is 11.1 Å². The second-order valence-electron chi connectivity index (χ2n) is 2.82. The zero-order valence-corrected chi connectivity index (χ0v) is 7.13. The van der Waals surface area contributed by atoms with Gasteiger partial charge in [0.1, 0.15) is 13.7 Å². The molecule has 0 aromatic heterocycles. The Morgan fingerprint density at radius 2 is 1.25 bits per heavy atom. The molecule has 12 heavy (non-hydrogen) atoms. The van der Waals surface area contributed by atoms with Crippen molar-refractivity contribution in [3.05, 3.63) is 28.6 Å². The zero-order chi connectivity index (χ0) is 9.46. The van der Waals surface area contributed by atoms with E-state index in [1.807, 2.05) is 0 Å². The van der Waals surface area contributed by atoms with Gasteiger partial charge in [-0.3, -0.25) is 0 Å². The van der Waals surface area contributed by atoms with E-state index in [9.17, 15) is 13.2 Å². The van der Waals surface area contributed by atoms with Gasteiger partial charge in [0.25, 0.3) is 0 Å². The predicted molar refractivity (Wildman–Crippen MR) is 44.0 cm³/mol. The van der Waals surface area contributed by atoms with E-state index in [-0.39, 0.29) is 16.6 Å². The number of hydrogen-bond donors (Lipinski definition) is 0. The highest BCUT2D eigenvalue weighted by molar-refractivity contribution is 6.33. The van der Waals surface area contributed by atoms with E-state index in [0.29, 0.717) is 0 Å². The summed E-state index contributed by atoms with van der Waals surface area (Å²) < 4.78 is 38.7. The lowest BCUT2D eigenvalue weighted by Gasteiger charge is -2.07. The van der Waals surface area contributed by atoms with Crippen molar-refractivity contribution in [3.8, 4) is 0 Å². The third-order valence-corrected chi connectivity index (χ3v) is 2.07. The second-order valence-corrected chi connectivity index (χ2v) is 2.82. The maximum atomic E-state index is 13.0. The number of hydrogen-bond acceptors (Lipinski definition) is 0. The molecule has 0 N–H and O–H groups in total. The molecule has 0 bridgehead atoms. The Kier molecular flexibility index (Phi) is 2.17. The maximum absolute atomic E-state index is 13.0. The Morgan fingerprint density at radius 1 is 0.833 bits per heavy atom. The van der Waals surface area contributed by atoms with Crippen molar-refractivity contribution < 1.29 is 13.2 Å². The fourth-order valence-electron chi connectivity index (χ4n) is 1.04. The zero-order valence-electron chi connectivity index (χ0n) is 7.13. The molecule has 64 valence electrons. The average Bonchev–Trinajstić information content (AvgIpc) is 2.08. The summed E-state index contributed by atoms with van der Waals surface area (Å²) in [5.41, 5.74) is -0.0439. The summed E-state index contributed by atoms with van der Waals surface area (Å²) in [6, 6.07) is 0. The summed E-state index contributed by atoms with van der Waals surface area (Å²) in [6.45, 7) is 2.58. The Bertz CT molecular complexity index is 229. The lowest BCUT2D eigenvalue weighted by Crippen LogP contribution is -2.18. The van der Waals surface area contributed by atoms with Gasteiger partial charge in [0, 0.05) is 5.56 Å². The Labute approximate surface area is 69.8 Å². The van der Waals surface area contributed by atoms with Gasteiger partial charge in [0.05, 0.1) is 0 Å². The van der Waals surface area contributed by atoms with Crippen molar-refractivity contribution in [1.82, 2.24) is 0 Å². The Balaban J connectivity index is 3.60. The first-order valence-electron chi connectivity index (χ1n) is 3.57. The second kappa shape index (κ2) is 2.85. The third-order valence-electron chi connectivity index (χ3n) is 2.07. The largest absolute Gasteiger partial charge is 0.207 e. The van der Waals surface area contributed by atoms with Crippen molar-refractivity contribution in [1.29, 1.82) is 0 Å². The minimum atomic E-state index is -1.09. The molecule has 0 heterocycles. The Morgan fingerprint density at radius 3 is 1.75 bits per heavy atom. The molecule has 0 amide bonds. The van der Waals surface area contributed by atoms with E-state index in [4.69, 9.17) is 0 Å². The standard InChI is InChI=1S/C8H8BF3/c1-3-5(9)6(10)4(2)8(12)7(3)11/h9H2,1-2H3. The first-order valence-corrected chi connectivity index (χ1v) is 3.57. The van der Waals surface area contributed by atoms with Gasteiger partial charge in [-0.2, -0.15) is 0 Å². The number of rotatable bonds is 0. The average molecular weight is 172 g/mol. The number of halogens is 3. The molecular weight excluding hydrogens is 164 g/mol. The van der Waals surface area contributed by atoms with Crippen LogP contribution in [0.3, 0.4) is 0 Å². The molecule has 0 saturated heterocycles. The minimum Gasteiger partial charge on any atom is -0.207 e. The molecule has 4 heteroatoms. The highest BCUT2D eigenvalue weighted by atomic mass is 19.2.